The number of H-pyrrole nitrogens is 1. The molecule has 0 fully saturated rings. The number of rotatable bonds is 4. The highest BCUT2D eigenvalue weighted by atomic mass is 19.1. The van der Waals surface area contributed by atoms with Gasteiger partial charge in [0, 0.05) is 11.1 Å². The average Bonchev–Trinajstić information content (AvgIpc) is 3.05. The van der Waals surface area contributed by atoms with Gasteiger partial charge in [0.2, 0.25) is 0 Å². The van der Waals surface area contributed by atoms with Gasteiger partial charge in [0.25, 0.3) is 0 Å². The van der Waals surface area contributed by atoms with Crippen molar-refractivity contribution in [1.29, 1.82) is 0 Å². The van der Waals surface area contributed by atoms with Gasteiger partial charge < -0.3 is 9.72 Å². The summed E-state index contributed by atoms with van der Waals surface area (Å²) in [6, 6.07) is 22.1. The van der Waals surface area contributed by atoms with Crippen LogP contribution in [0.4, 0.5) is 4.39 Å². The normalized spacial score (nSPS) is 10.9. The molecule has 0 saturated heterocycles. The fourth-order valence-corrected chi connectivity index (χ4v) is 2.67. The summed E-state index contributed by atoms with van der Waals surface area (Å²) in [5.74, 6) is 0.666. The fraction of sp³-hybridized carbons (Fsp3) is 0.0500. The van der Waals surface area contributed by atoms with Crippen LogP contribution >= 0.6 is 0 Å². The summed E-state index contributed by atoms with van der Waals surface area (Å²) in [5, 5.41) is 0. The third kappa shape index (κ3) is 2.74. The molecule has 0 unspecified atom stereocenters. The van der Waals surface area contributed by atoms with Crippen molar-refractivity contribution in [1.82, 2.24) is 9.97 Å². The molecule has 4 heteroatoms. The molecule has 0 saturated carbocycles. The summed E-state index contributed by atoms with van der Waals surface area (Å²) in [6.07, 6.45) is 0. The summed E-state index contributed by atoms with van der Waals surface area (Å²) in [7, 11) is 0. The number of fused-ring (bicyclic) bond motifs is 1. The van der Waals surface area contributed by atoms with Gasteiger partial charge in [0.15, 0.2) is 11.6 Å². The Kier molecular flexibility index (Phi) is 3.71. The number of nitrogens with zero attached hydrogens (tertiary/aromatic N) is 1. The SMILES string of the molecule is Fc1ccccc1OCc1ccccc1-c1nc2ccccc2[nH]1. The summed E-state index contributed by atoms with van der Waals surface area (Å²) in [6.45, 7) is 0.272. The second kappa shape index (κ2) is 6.16. The minimum absolute atomic E-state index is 0.247. The van der Waals surface area contributed by atoms with Crippen molar-refractivity contribution in [3.63, 3.8) is 0 Å². The molecule has 1 heterocycles. The minimum atomic E-state index is -0.362. The van der Waals surface area contributed by atoms with E-state index in [2.05, 4.69) is 9.97 Å². The second-order valence-electron chi connectivity index (χ2n) is 5.48. The zero-order chi connectivity index (χ0) is 16.4. The van der Waals surface area contributed by atoms with Crippen molar-refractivity contribution >= 4 is 11.0 Å². The lowest BCUT2D eigenvalue weighted by atomic mass is 10.1. The number of halogens is 1. The van der Waals surface area contributed by atoms with Gasteiger partial charge in [-0.3, -0.25) is 0 Å². The molecule has 24 heavy (non-hydrogen) atoms. The third-order valence-corrected chi connectivity index (χ3v) is 3.88. The van der Waals surface area contributed by atoms with E-state index in [1.165, 1.54) is 6.07 Å². The Bertz CT molecular complexity index is 961. The molecule has 0 amide bonds. The Balaban J connectivity index is 1.66. The van der Waals surface area contributed by atoms with Gasteiger partial charge in [0.1, 0.15) is 12.4 Å². The highest BCUT2D eigenvalue weighted by molar-refractivity contribution is 5.79. The van der Waals surface area contributed by atoms with Crippen LogP contribution in [-0.2, 0) is 6.61 Å². The lowest BCUT2D eigenvalue weighted by Gasteiger charge is -2.10. The maximum atomic E-state index is 13.7. The monoisotopic (exact) mass is 318 g/mol. The average molecular weight is 318 g/mol. The molecule has 118 valence electrons. The van der Waals surface area contributed by atoms with Crippen LogP contribution in [-0.4, -0.2) is 9.97 Å². The van der Waals surface area contributed by atoms with Crippen LogP contribution in [0.1, 0.15) is 5.56 Å². The first-order valence-electron chi connectivity index (χ1n) is 7.71. The van der Waals surface area contributed by atoms with Crippen molar-refractivity contribution in [2.24, 2.45) is 0 Å². The highest BCUT2D eigenvalue weighted by Gasteiger charge is 2.10. The van der Waals surface area contributed by atoms with Crippen LogP contribution in [0, 0.1) is 5.82 Å². The number of imidazole rings is 1. The Morgan fingerprint density at radius 2 is 1.62 bits per heavy atom. The van der Waals surface area contributed by atoms with E-state index in [4.69, 9.17) is 4.74 Å². The maximum Gasteiger partial charge on any atom is 0.165 e. The Morgan fingerprint density at radius 1 is 0.875 bits per heavy atom. The molecule has 3 nitrogen and oxygen atoms in total. The Hall–Kier alpha value is -3.14. The second-order valence-corrected chi connectivity index (χ2v) is 5.48. The van der Waals surface area contributed by atoms with Gasteiger partial charge in [-0.05, 0) is 24.3 Å². The Labute approximate surface area is 138 Å². The van der Waals surface area contributed by atoms with Gasteiger partial charge in [-0.15, -0.1) is 0 Å². The van der Waals surface area contributed by atoms with Crippen LogP contribution in [0.3, 0.4) is 0 Å². The first-order valence-corrected chi connectivity index (χ1v) is 7.71. The van der Waals surface area contributed by atoms with Gasteiger partial charge in [-0.25, -0.2) is 9.37 Å². The molecule has 0 aliphatic heterocycles. The molecule has 0 bridgehead atoms. The van der Waals surface area contributed by atoms with Crippen molar-refractivity contribution in [3.05, 3.63) is 84.2 Å². The van der Waals surface area contributed by atoms with E-state index in [-0.39, 0.29) is 18.2 Å². The standard InChI is InChI=1S/C20H15FN2O/c21-16-9-3-6-12-19(16)24-13-14-7-1-2-8-15(14)20-22-17-10-4-5-11-18(17)23-20/h1-12H,13H2,(H,22,23). The molecule has 1 N–H and O–H groups in total. The lowest BCUT2D eigenvalue weighted by Crippen LogP contribution is -1.99. The van der Waals surface area contributed by atoms with Crippen molar-refractivity contribution in [3.8, 4) is 17.1 Å². The number of nitrogens with one attached hydrogen (secondary N) is 1. The number of hydrogen-bond donors (Lipinski definition) is 1. The van der Waals surface area contributed by atoms with E-state index in [0.29, 0.717) is 0 Å². The number of benzene rings is 3. The number of hydrogen-bond acceptors (Lipinski definition) is 2. The summed E-state index contributed by atoms with van der Waals surface area (Å²) < 4.78 is 19.4. The van der Waals surface area contributed by atoms with E-state index < -0.39 is 0 Å². The topological polar surface area (TPSA) is 37.9 Å². The quantitative estimate of drug-likeness (QED) is 0.578. The molecular weight excluding hydrogens is 303 g/mol. The van der Waals surface area contributed by atoms with Gasteiger partial charge in [0.05, 0.1) is 11.0 Å². The summed E-state index contributed by atoms with van der Waals surface area (Å²) in [5.41, 5.74) is 3.79. The maximum absolute atomic E-state index is 13.7. The Morgan fingerprint density at radius 3 is 2.50 bits per heavy atom. The molecule has 0 spiro atoms. The predicted octanol–water partition coefficient (Wildman–Crippen LogP) is 4.95. The molecule has 4 aromatic rings. The van der Waals surface area contributed by atoms with Crippen LogP contribution in [0.25, 0.3) is 22.4 Å². The zero-order valence-electron chi connectivity index (χ0n) is 12.9. The number of ether oxygens (including phenoxy) is 1. The smallest absolute Gasteiger partial charge is 0.165 e. The molecule has 0 aliphatic carbocycles. The van der Waals surface area contributed by atoms with Crippen LogP contribution in [0.5, 0.6) is 5.75 Å². The molecule has 0 aliphatic rings. The predicted molar refractivity (Wildman–Crippen MR) is 92.3 cm³/mol. The molecule has 1 aromatic heterocycles. The lowest BCUT2D eigenvalue weighted by molar-refractivity contribution is 0.291. The molecular formula is C20H15FN2O. The minimum Gasteiger partial charge on any atom is -0.486 e. The van der Waals surface area contributed by atoms with E-state index >= 15 is 0 Å². The first-order chi connectivity index (χ1) is 11.8. The highest BCUT2D eigenvalue weighted by Crippen LogP contribution is 2.25. The number of aromatic amines is 1. The van der Waals surface area contributed by atoms with Gasteiger partial charge >= 0.3 is 0 Å². The largest absolute Gasteiger partial charge is 0.486 e. The fourth-order valence-electron chi connectivity index (χ4n) is 2.67. The van der Waals surface area contributed by atoms with Crippen LogP contribution in [0.2, 0.25) is 0 Å². The van der Waals surface area contributed by atoms with E-state index in [1.54, 1.807) is 18.2 Å². The number of para-hydroxylation sites is 3. The molecule has 0 radical (unpaired) electrons. The van der Waals surface area contributed by atoms with E-state index in [0.717, 1.165) is 28.0 Å². The number of aromatic nitrogens is 2. The van der Waals surface area contributed by atoms with Gasteiger partial charge in [-0.2, -0.15) is 0 Å². The first kappa shape index (κ1) is 14.5. The molecule has 4 rings (SSSR count). The zero-order valence-corrected chi connectivity index (χ0v) is 12.9. The van der Waals surface area contributed by atoms with E-state index in [1.807, 2.05) is 48.5 Å². The van der Waals surface area contributed by atoms with Crippen LogP contribution in [0.15, 0.2) is 72.8 Å². The third-order valence-electron chi connectivity index (χ3n) is 3.88. The van der Waals surface area contributed by atoms with Crippen molar-refractivity contribution < 1.29 is 9.13 Å². The van der Waals surface area contributed by atoms with Gasteiger partial charge in [-0.1, -0.05) is 48.5 Å². The van der Waals surface area contributed by atoms with Crippen molar-refractivity contribution in [2.45, 2.75) is 6.61 Å². The molecule has 0 atom stereocenters. The molecule has 3 aromatic carbocycles. The van der Waals surface area contributed by atoms with E-state index in [9.17, 15) is 4.39 Å². The summed E-state index contributed by atoms with van der Waals surface area (Å²) >= 11 is 0. The van der Waals surface area contributed by atoms with Crippen LogP contribution < -0.4 is 4.74 Å². The summed E-state index contributed by atoms with van der Waals surface area (Å²) in [4.78, 5) is 7.95. The van der Waals surface area contributed by atoms with Crippen molar-refractivity contribution in [2.75, 3.05) is 0 Å².